The second kappa shape index (κ2) is 9.85. The predicted octanol–water partition coefficient (Wildman–Crippen LogP) is 4.16. The van der Waals surface area contributed by atoms with Gasteiger partial charge in [-0.15, -0.1) is 22.6 Å². The van der Waals surface area contributed by atoms with E-state index in [0.717, 1.165) is 24.3 Å². The zero-order chi connectivity index (χ0) is 25.5. The van der Waals surface area contributed by atoms with Crippen LogP contribution in [0.2, 0.25) is 0 Å². The number of aromatic nitrogens is 2. The van der Waals surface area contributed by atoms with Crippen molar-refractivity contribution in [1.29, 1.82) is 0 Å². The minimum atomic E-state index is -4.86. The summed E-state index contributed by atoms with van der Waals surface area (Å²) in [7, 11) is 1.18. The third-order valence-electron chi connectivity index (χ3n) is 5.30. The highest BCUT2D eigenvalue weighted by Gasteiger charge is 2.59. The summed E-state index contributed by atoms with van der Waals surface area (Å²) < 4.78 is 91.1. The third-order valence-corrected chi connectivity index (χ3v) is 5.30. The molecule has 2 aromatic rings. The summed E-state index contributed by atoms with van der Waals surface area (Å²) in [6.07, 6.45) is -7.94. The van der Waals surface area contributed by atoms with Crippen molar-refractivity contribution < 1.29 is 40.6 Å². The number of rotatable bonds is 5. The largest absolute Gasteiger partial charge is 0.480 e. The van der Waals surface area contributed by atoms with Gasteiger partial charge in [0.05, 0.1) is 19.3 Å². The number of anilines is 1. The number of hydrogen-bond acceptors (Lipinski definition) is 7. The van der Waals surface area contributed by atoms with Gasteiger partial charge in [0, 0.05) is 17.3 Å². The fourth-order valence-corrected chi connectivity index (χ4v) is 3.16. The average molecular weight is 528 g/mol. The third kappa shape index (κ3) is 5.27. The van der Waals surface area contributed by atoms with Gasteiger partial charge in [-0.3, -0.25) is 9.79 Å². The van der Waals surface area contributed by atoms with Crippen LogP contribution in [0.5, 0.6) is 5.88 Å². The van der Waals surface area contributed by atoms with E-state index in [0.29, 0.717) is 6.92 Å². The van der Waals surface area contributed by atoms with Crippen molar-refractivity contribution in [2.45, 2.75) is 37.6 Å². The Morgan fingerprint density at radius 2 is 1.89 bits per heavy atom. The normalized spacial score (nSPS) is 22.3. The molecule has 0 saturated heterocycles. The highest BCUT2D eigenvalue weighted by atomic mass is 35.5. The monoisotopic (exact) mass is 527 g/mol. The highest BCUT2D eigenvalue weighted by Crippen LogP contribution is 2.41. The van der Waals surface area contributed by atoms with Crippen LogP contribution in [0.3, 0.4) is 0 Å². The van der Waals surface area contributed by atoms with Crippen LogP contribution in [-0.4, -0.2) is 47.4 Å². The van der Waals surface area contributed by atoms with Gasteiger partial charge in [0.15, 0.2) is 5.69 Å². The van der Waals surface area contributed by atoms with Gasteiger partial charge in [-0.1, -0.05) is 0 Å². The SMILES string of the molecule is COc1cc(C(F)F)c(C(=O)Nc2ccc(F)c([C@]3(C)CO[C@@](C)(C(F)(F)F)C(N)=N3)c2)nn1.Cl. The Morgan fingerprint density at radius 1 is 1.23 bits per heavy atom. The molecular formula is C20H20ClF6N5O3. The average Bonchev–Trinajstić information content (AvgIpc) is 2.76. The van der Waals surface area contributed by atoms with E-state index in [-0.39, 0.29) is 29.5 Å². The molecule has 0 saturated carbocycles. The Bertz CT molecular complexity index is 1150. The molecule has 0 fully saturated rings. The van der Waals surface area contributed by atoms with E-state index in [1.165, 1.54) is 14.0 Å². The standard InChI is InChI=1S/C20H19F6N5O3.ClH/c1-18(8-34-19(2,17(27)29-18)20(24,25)26)11-6-9(4-5-12(11)21)28-16(32)14-10(15(22)23)7-13(33-3)30-31-14;/h4-7,15H,8H2,1-3H3,(H2,27,29)(H,28,32);1H/t18-,19+;/m0./s1. The second-order valence-electron chi connectivity index (χ2n) is 7.73. The van der Waals surface area contributed by atoms with Crippen molar-refractivity contribution in [2.24, 2.45) is 10.7 Å². The Labute approximate surface area is 201 Å². The van der Waals surface area contributed by atoms with E-state index in [4.69, 9.17) is 15.2 Å². The molecule has 8 nitrogen and oxygen atoms in total. The van der Waals surface area contributed by atoms with Crippen molar-refractivity contribution >= 4 is 29.8 Å². The van der Waals surface area contributed by atoms with Crippen LogP contribution in [0.15, 0.2) is 29.3 Å². The predicted molar refractivity (Wildman–Crippen MR) is 115 cm³/mol. The van der Waals surface area contributed by atoms with Gasteiger partial charge in [-0.05, 0) is 32.0 Å². The zero-order valence-corrected chi connectivity index (χ0v) is 19.2. The molecule has 0 radical (unpaired) electrons. The van der Waals surface area contributed by atoms with Crippen LogP contribution < -0.4 is 15.8 Å². The van der Waals surface area contributed by atoms with E-state index >= 15 is 0 Å². The molecule has 1 aromatic carbocycles. The second-order valence-corrected chi connectivity index (χ2v) is 7.73. The summed E-state index contributed by atoms with van der Waals surface area (Å²) in [6, 6.07) is 3.98. The minimum Gasteiger partial charge on any atom is -0.480 e. The Balaban J connectivity index is 0.00000432. The molecular weight excluding hydrogens is 508 g/mol. The zero-order valence-electron chi connectivity index (χ0n) is 18.4. The first-order valence-corrected chi connectivity index (χ1v) is 9.59. The highest BCUT2D eigenvalue weighted by molar-refractivity contribution is 6.04. The lowest BCUT2D eigenvalue weighted by Crippen LogP contribution is -2.60. The molecule has 1 aliphatic heterocycles. The number of aliphatic imine (C=N–C) groups is 1. The first kappa shape index (κ1) is 28.1. The number of amidine groups is 1. The smallest absolute Gasteiger partial charge is 0.424 e. The fourth-order valence-electron chi connectivity index (χ4n) is 3.16. The topological polar surface area (TPSA) is 112 Å². The van der Waals surface area contributed by atoms with Gasteiger partial charge in [-0.25, -0.2) is 13.2 Å². The van der Waals surface area contributed by atoms with E-state index in [1.54, 1.807) is 0 Å². The molecule has 15 heteroatoms. The lowest BCUT2D eigenvalue weighted by Gasteiger charge is -2.41. The molecule has 3 rings (SSSR count). The maximum absolute atomic E-state index is 14.6. The quantitative estimate of drug-likeness (QED) is 0.565. The van der Waals surface area contributed by atoms with Crippen LogP contribution in [0, 0.1) is 5.82 Å². The molecule has 35 heavy (non-hydrogen) atoms. The van der Waals surface area contributed by atoms with Crippen molar-refractivity contribution in [3.63, 3.8) is 0 Å². The number of hydrogen-bond donors (Lipinski definition) is 2. The molecule has 2 atom stereocenters. The summed E-state index contributed by atoms with van der Waals surface area (Å²) in [4.78, 5) is 16.4. The molecule has 0 unspecified atom stereocenters. The Morgan fingerprint density at radius 3 is 2.43 bits per heavy atom. The van der Waals surface area contributed by atoms with Gasteiger partial charge < -0.3 is 20.5 Å². The fraction of sp³-hybridized carbons (Fsp3) is 0.400. The summed E-state index contributed by atoms with van der Waals surface area (Å²) in [5, 5.41) is 9.23. The molecule has 2 heterocycles. The lowest BCUT2D eigenvalue weighted by atomic mass is 9.89. The van der Waals surface area contributed by atoms with Crippen molar-refractivity contribution in [3.05, 3.63) is 46.9 Å². The van der Waals surface area contributed by atoms with Crippen LogP contribution in [-0.2, 0) is 10.3 Å². The number of carbonyl (C=O) groups is 1. The number of benzene rings is 1. The number of halogens is 7. The Kier molecular flexibility index (Phi) is 7.91. The number of carbonyl (C=O) groups excluding carboxylic acids is 1. The molecule has 192 valence electrons. The summed E-state index contributed by atoms with van der Waals surface area (Å²) in [5.74, 6) is -3.09. The number of alkyl halides is 5. The first-order valence-electron chi connectivity index (χ1n) is 9.59. The van der Waals surface area contributed by atoms with Crippen LogP contribution >= 0.6 is 12.4 Å². The van der Waals surface area contributed by atoms with Gasteiger partial charge in [0.25, 0.3) is 12.3 Å². The van der Waals surface area contributed by atoms with E-state index < -0.39 is 59.2 Å². The summed E-state index contributed by atoms with van der Waals surface area (Å²) in [5.41, 5.74) is -0.743. The van der Waals surface area contributed by atoms with Gasteiger partial charge in [0.2, 0.25) is 11.5 Å². The number of methoxy groups -OCH3 is 1. The molecule has 1 aliphatic rings. The summed E-state index contributed by atoms with van der Waals surface area (Å²) in [6.45, 7) is 1.32. The molecule has 1 amide bonds. The Hall–Kier alpha value is -3.13. The van der Waals surface area contributed by atoms with Crippen LogP contribution in [0.4, 0.5) is 32.0 Å². The first-order chi connectivity index (χ1) is 15.7. The van der Waals surface area contributed by atoms with E-state index in [9.17, 15) is 31.1 Å². The van der Waals surface area contributed by atoms with Crippen LogP contribution in [0.25, 0.3) is 0 Å². The molecule has 3 N–H and O–H groups in total. The molecule has 0 bridgehead atoms. The maximum Gasteiger partial charge on any atom is 0.424 e. The number of amides is 1. The van der Waals surface area contributed by atoms with Gasteiger partial charge in [0.1, 0.15) is 17.2 Å². The van der Waals surface area contributed by atoms with E-state index in [1.807, 2.05) is 0 Å². The lowest BCUT2D eigenvalue weighted by molar-refractivity contribution is -0.249. The number of nitrogens with one attached hydrogen (secondary N) is 1. The molecule has 0 aliphatic carbocycles. The maximum atomic E-state index is 14.6. The molecule has 0 spiro atoms. The van der Waals surface area contributed by atoms with Crippen molar-refractivity contribution in [1.82, 2.24) is 10.2 Å². The minimum absolute atomic E-state index is 0. The van der Waals surface area contributed by atoms with Gasteiger partial charge >= 0.3 is 6.18 Å². The summed E-state index contributed by atoms with van der Waals surface area (Å²) >= 11 is 0. The van der Waals surface area contributed by atoms with Crippen molar-refractivity contribution in [3.8, 4) is 5.88 Å². The van der Waals surface area contributed by atoms with Crippen LogP contribution in [0.1, 0.15) is 41.9 Å². The van der Waals surface area contributed by atoms with Crippen molar-refractivity contribution in [2.75, 3.05) is 19.0 Å². The van der Waals surface area contributed by atoms with E-state index in [2.05, 4.69) is 20.5 Å². The van der Waals surface area contributed by atoms with Gasteiger partial charge in [-0.2, -0.15) is 13.2 Å². The number of nitrogens with zero attached hydrogens (tertiary/aromatic N) is 3. The number of nitrogens with two attached hydrogens (primary N) is 1. The molecule has 1 aromatic heterocycles. The number of ether oxygens (including phenoxy) is 2.